The van der Waals surface area contributed by atoms with Crippen molar-refractivity contribution in [3.05, 3.63) is 35.5 Å². The number of carbonyl (C=O) groups excluding carboxylic acids is 2. The number of carbonyl (C=O) groups is 2. The van der Waals surface area contributed by atoms with Crippen molar-refractivity contribution in [2.75, 3.05) is 13.2 Å². The lowest BCUT2D eigenvalue weighted by Crippen LogP contribution is -2.58. The molecule has 5 atom stereocenters. The highest BCUT2D eigenvalue weighted by atomic mass is 16.6. The maximum atomic E-state index is 12.4. The van der Waals surface area contributed by atoms with Gasteiger partial charge in [-0.25, -0.2) is 4.79 Å². The SMILES string of the molecule is C=C1CCC2C(C)(COC(=O)C(C)=CC)C(OC(C)=O)CCC2(C)C1CCC(C)=CCO. The molecule has 2 saturated carbocycles. The van der Waals surface area contributed by atoms with Crippen molar-refractivity contribution in [3.63, 3.8) is 0 Å². The summed E-state index contributed by atoms with van der Waals surface area (Å²) < 4.78 is 11.6. The molecule has 1 N–H and O–H groups in total. The third kappa shape index (κ3) is 5.54. The molecule has 5 nitrogen and oxygen atoms in total. The van der Waals surface area contributed by atoms with Crippen molar-refractivity contribution in [1.82, 2.24) is 0 Å². The van der Waals surface area contributed by atoms with E-state index in [1.54, 1.807) is 13.0 Å². The van der Waals surface area contributed by atoms with E-state index in [0.29, 0.717) is 11.5 Å². The first kappa shape index (κ1) is 26.4. The summed E-state index contributed by atoms with van der Waals surface area (Å²) in [6.07, 6.45) is 8.83. The highest BCUT2D eigenvalue weighted by Gasteiger charge is 2.59. The lowest BCUT2D eigenvalue weighted by molar-refractivity contribution is -0.191. The molecule has 0 aliphatic heterocycles. The van der Waals surface area contributed by atoms with Gasteiger partial charge in [-0.1, -0.05) is 43.7 Å². The van der Waals surface area contributed by atoms with E-state index < -0.39 is 5.41 Å². The van der Waals surface area contributed by atoms with Gasteiger partial charge in [-0.05, 0) is 76.5 Å². The first-order chi connectivity index (χ1) is 15.0. The second-order valence-electron chi connectivity index (χ2n) is 10.3. The summed E-state index contributed by atoms with van der Waals surface area (Å²) in [7, 11) is 0. The molecular weight excluding hydrogens is 404 g/mol. The summed E-state index contributed by atoms with van der Waals surface area (Å²) in [4.78, 5) is 24.4. The van der Waals surface area contributed by atoms with Crippen molar-refractivity contribution in [3.8, 4) is 0 Å². The Kier molecular flexibility index (Phi) is 8.92. The van der Waals surface area contributed by atoms with E-state index in [1.165, 1.54) is 18.1 Å². The van der Waals surface area contributed by atoms with Crippen LogP contribution in [0.1, 0.15) is 80.1 Å². The van der Waals surface area contributed by atoms with Gasteiger partial charge in [-0.3, -0.25) is 4.79 Å². The smallest absolute Gasteiger partial charge is 0.333 e. The maximum absolute atomic E-state index is 12.4. The van der Waals surface area contributed by atoms with E-state index in [-0.39, 0.29) is 42.6 Å². The second kappa shape index (κ2) is 10.8. The molecule has 180 valence electrons. The lowest BCUT2D eigenvalue weighted by Gasteiger charge is -2.60. The minimum Gasteiger partial charge on any atom is -0.462 e. The summed E-state index contributed by atoms with van der Waals surface area (Å²) in [5.74, 6) is -0.0234. The Morgan fingerprint density at radius 1 is 1.22 bits per heavy atom. The number of aliphatic hydroxyl groups excluding tert-OH is 1. The van der Waals surface area contributed by atoms with Crippen LogP contribution in [0.2, 0.25) is 0 Å². The van der Waals surface area contributed by atoms with Crippen LogP contribution in [-0.4, -0.2) is 36.4 Å². The van der Waals surface area contributed by atoms with Gasteiger partial charge in [-0.2, -0.15) is 0 Å². The van der Waals surface area contributed by atoms with Crippen LogP contribution in [0, 0.1) is 22.7 Å². The molecule has 2 fully saturated rings. The second-order valence-corrected chi connectivity index (χ2v) is 10.3. The summed E-state index contributed by atoms with van der Waals surface area (Å²) >= 11 is 0. The Morgan fingerprint density at radius 3 is 2.50 bits per heavy atom. The molecule has 5 unspecified atom stereocenters. The van der Waals surface area contributed by atoms with E-state index in [9.17, 15) is 14.7 Å². The third-order valence-electron chi connectivity index (χ3n) is 8.16. The van der Waals surface area contributed by atoms with E-state index in [4.69, 9.17) is 9.47 Å². The maximum Gasteiger partial charge on any atom is 0.333 e. The third-order valence-corrected chi connectivity index (χ3v) is 8.16. The average molecular weight is 447 g/mol. The van der Waals surface area contributed by atoms with E-state index >= 15 is 0 Å². The molecule has 0 spiro atoms. The molecule has 32 heavy (non-hydrogen) atoms. The number of esters is 2. The van der Waals surface area contributed by atoms with E-state index in [0.717, 1.165) is 38.5 Å². The van der Waals surface area contributed by atoms with Crippen LogP contribution in [0.3, 0.4) is 0 Å². The van der Waals surface area contributed by atoms with Gasteiger partial charge in [0.1, 0.15) is 12.7 Å². The number of ether oxygens (including phenoxy) is 2. The van der Waals surface area contributed by atoms with Gasteiger partial charge in [0.15, 0.2) is 0 Å². The van der Waals surface area contributed by atoms with Crippen molar-refractivity contribution in [2.24, 2.45) is 22.7 Å². The molecule has 0 radical (unpaired) electrons. The quantitative estimate of drug-likeness (QED) is 0.301. The highest BCUT2D eigenvalue weighted by Crippen LogP contribution is 2.62. The van der Waals surface area contributed by atoms with Crippen LogP contribution in [0.5, 0.6) is 0 Å². The zero-order valence-electron chi connectivity index (χ0n) is 20.8. The molecular formula is C27H42O5. The monoisotopic (exact) mass is 446 g/mol. The predicted octanol–water partition coefficient (Wildman–Crippen LogP) is 5.54. The Bertz CT molecular complexity index is 779. The zero-order valence-corrected chi connectivity index (χ0v) is 20.8. The molecule has 0 aromatic carbocycles. The van der Waals surface area contributed by atoms with Crippen molar-refractivity contribution >= 4 is 11.9 Å². The van der Waals surface area contributed by atoms with Gasteiger partial charge in [0.25, 0.3) is 0 Å². The molecule has 0 heterocycles. The molecule has 0 amide bonds. The summed E-state index contributed by atoms with van der Waals surface area (Å²) in [5, 5.41) is 9.21. The summed E-state index contributed by atoms with van der Waals surface area (Å²) in [6.45, 7) is 16.3. The minimum atomic E-state index is -0.461. The van der Waals surface area contributed by atoms with Gasteiger partial charge in [0.05, 0.1) is 6.61 Å². The molecule has 0 aromatic heterocycles. The average Bonchev–Trinajstić information content (AvgIpc) is 2.73. The van der Waals surface area contributed by atoms with Crippen LogP contribution in [0.15, 0.2) is 35.5 Å². The largest absolute Gasteiger partial charge is 0.462 e. The van der Waals surface area contributed by atoms with Gasteiger partial charge < -0.3 is 14.6 Å². The standard InChI is InChI=1S/C27H42O5/c1-8-19(3)25(30)31-17-27(7)23-12-10-20(4)22(11-9-18(2)14-16-28)26(23,6)15-13-24(27)32-21(5)29/h8,14,22-24,28H,4,9-13,15-17H2,1-3,5-7H3. The van der Waals surface area contributed by atoms with Crippen LogP contribution >= 0.6 is 0 Å². The molecule has 2 rings (SSSR count). The van der Waals surface area contributed by atoms with Gasteiger partial charge >= 0.3 is 11.9 Å². The number of aliphatic hydroxyl groups is 1. The van der Waals surface area contributed by atoms with Gasteiger partial charge in [-0.15, -0.1) is 0 Å². The number of rotatable bonds is 8. The summed E-state index contributed by atoms with van der Waals surface area (Å²) in [5.41, 5.74) is 2.59. The fourth-order valence-electron chi connectivity index (χ4n) is 6.17. The first-order valence-electron chi connectivity index (χ1n) is 11.9. The Hall–Kier alpha value is -1.88. The highest BCUT2D eigenvalue weighted by molar-refractivity contribution is 5.87. The number of hydrogen-bond donors (Lipinski definition) is 1. The summed E-state index contributed by atoms with van der Waals surface area (Å²) in [6, 6.07) is 0. The Morgan fingerprint density at radius 2 is 1.91 bits per heavy atom. The van der Waals surface area contributed by atoms with Crippen molar-refractivity contribution in [2.45, 2.75) is 86.2 Å². The topological polar surface area (TPSA) is 72.8 Å². The zero-order chi connectivity index (χ0) is 24.1. The van der Waals surface area contributed by atoms with Crippen molar-refractivity contribution < 1.29 is 24.2 Å². The fraction of sp³-hybridized carbons (Fsp3) is 0.704. The normalized spacial score (nSPS) is 33.5. The minimum absolute atomic E-state index is 0.0116. The number of allylic oxidation sites excluding steroid dienone is 3. The Balaban J connectivity index is 2.36. The van der Waals surface area contributed by atoms with Crippen molar-refractivity contribution in [1.29, 1.82) is 0 Å². The van der Waals surface area contributed by atoms with E-state index in [2.05, 4.69) is 27.4 Å². The Labute approximate surface area is 193 Å². The van der Waals surface area contributed by atoms with E-state index in [1.807, 2.05) is 13.0 Å². The van der Waals surface area contributed by atoms with Crippen LogP contribution < -0.4 is 0 Å². The number of hydrogen-bond acceptors (Lipinski definition) is 5. The fourth-order valence-corrected chi connectivity index (χ4v) is 6.17. The van der Waals surface area contributed by atoms with Gasteiger partial charge in [0, 0.05) is 17.9 Å². The van der Waals surface area contributed by atoms with Gasteiger partial charge in [0.2, 0.25) is 0 Å². The molecule has 0 saturated heterocycles. The molecule has 0 aromatic rings. The molecule has 2 aliphatic rings. The molecule has 5 heteroatoms. The lowest BCUT2D eigenvalue weighted by atomic mass is 9.46. The predicted molar refractivity (Wildman–Crippen MR) is 127 cm³/mol. The number of fused-ring (bicyclic) bond motifs is 1. The molecule has 2 aliphatic carbocycles. The van der Waals surface area contributed by atoms with Crippen LogP contribution in [0.4, 0.5) is 0 Å². The first-order valence-corrected chi connectivity index (χ1v) is 11.9. The van der Waals surface area contributed by atoms with Crippen LogP contribution in [0.25, 0.3) is 0 Å². The molecule has 0 bridgehead atoms. The van der Waals surface area contributed by atoms with Crippen LogP contribution in [-0.2, 0) is 19.1 Å².